The summed E-state index contributed by atoms with van der Waals surface area (Å²) in [6, 6.07) is 3.12. The molecule has 1 aromatic carbocycles. The van der Waals surface area contributed by atoms with Gasteiger partial charge in [0, 0.05) is 5.56 Å². The van der Waals surface area contributed by atoms with Crippen LogP contribution in [0.3, 0.4) is 0 Å². The number of nitrogens with zero attached hydrogens (tertiary/aromatic N) is 1. The van der Waals surface area contributed by atoms with E-state index in [4.69, 9.17) is 17.3 Å². The highest BCUT2D eigenvalue weighted by atomic mass is 35.5. The Labute approximate surface area is 74.1 Å². The van der Waals surface area contributed by atoms with Gasteiger partial charge in [-0.15, -0.1) is 0 Å². The summed E-state index contributed by atoms with van der Waals surface area (Å²) in [5.41, 5.74) is 6.02. The topological polar surface area (TPSA) is 69.2 Å². The summed E-state index contributed by atoms with van der Waals surface area (Å²) in [4.78, 5) is 9.93. The lowest BCUT2D eigenvalue weighted by molar-refractivity contribution is -0.385. The molecule has 1 rings (SSSR count). The van der Waals surface area contributed by atoms with Gasteiger partial charge in [-0.25, -0.2) is 0 Å². The second-order valence-corrected chi connectivity index (χ2v) is 2.77. The Hall–Kier alpha value is -1.29. The van der Waals surface area contributed by atoms with Crippen molar-refractivity contribution >= 4 is 23.0 Å². The molecule has 0 radical (unpaired) electrons. The molecule has 0 amide bonds. The highest BCUT2D eigenvalue weighted by Gasteiger charge is 2.17. The minimum atomic E-state index is -0.534. The van der Waals surface area contributed by atoms with Crippen molar-refractivity contribution in [3.63, 3.8) is 0 Å². The molecule has 0 bridgehead atoms. The number of hydrogen-bond acceptors (Lipinski definition) is 3. The Kier molecular flexibility index (Phi) is 2.19. The average Bonchev–Trinajstić information content (AvgIpc) is 1.97. The SMILES string of the molecule is Cc1ccc(N)c(Cl)c1[N+](=O)[O-]. The second kappa shape index (κ2) is 2.98. The second-order valence-electron chi connectivity index (χ2n) is 2.39. The van der Waals surface area contributed by atoms with Crippen molar-refractivity contribution in [1.29, 1.82) is 0 Å². The van der Waals surface area contributed by atoms with Gasteiger partial charge in [0.05, 0.1) is 10.6 Å². The fraction of sp³-hybridized carbons (Fsp3) is 0.143. The maximum atomic E-state index is 10.5. The Balaban J connectivity index is 3.43. The van der Waals surface area contributed by atoms with E-state index in [2.05, 4.69) is 0 Å². The summed E-state index contributed by atoms with van der Waals surface area (Å²) in [5.74, 6) is 0. The van der Waals surface area contributed by atoms with Crippen LogP contribution in [0.2, 0.25) is 5.02 Å². The van der Waals surface area contributed by atoms with Crippen molar-refractivity contribution in [3.8, 4) is 0 Å². The molecule has 0 unspecified atom stereocenters. The Morgan fingerprint density at radius 1 is 1.58 bits per heavy atom. The van der Waals surface area contributed by atoms with Crippen LogP contribution < -0.4 is 5.73 Å². The third-order valence-corrected chi connectivity index (χ3v) is 1.93. The summed E-state index contributed by atoms with van der Waals surface area (Å²) in [6.45, 7) is 1.61. The lowest BCUT2D eigenvalue weighted by Gasteiger charge is -2.01. The first-order chi connectivity index (χ1) is 5.54. The smallest absolute Gasteiger partial charge is 0.292 e. The number of aryl methyl sites for hydroxylation is 1. The number of hydrogen-bond donors (Lipinski definition) is 1. The van der Waals surface area contributed by atoms with Crippen molar-refractivity contribution in [2.45, 2.75) is 6.92 Å². The zero-order valence-electron chi connectivity index (χ0n) is 6.37. The van der Waals surface area contributed by atoms with E-state index < -0.39 is 4.92 Å². The van der Waals surface area contributed by atoms with Crippen molar-refractivity contribution in [2.24, 2.45) is 0 Å². The van der Waals surface area contributed by atoms with Crippen molar-refractivity contribution in [1.82, 2.24) is 0 Å². The predicted octanol–water partition coefficient (Wildman–Crippen LogP) is 2.14. The normalized spacial score (nSPS) is 9.83. The molecule has 5 heteroatoms. The third kappa shape index (κ3) is 1.33. The maximum Gasteiger partial charge on any atom is 0.292 e. The molecule has 1 aromatic rings. The molecular formula is C7H7ClN2O2. The van der Waals surface area contributed by atoms with Crippen LogP contribution in [0.5, 0.6) is 0 Å². The third-order valence-electron chi connectivity index (χ3n) is 1.53. The minimum absolute atomic E-state index is 0.0139. The molecule has 0 heterocycles. The van der Waals surface area contributed by atoms with E-state index in [0.29, 0.717) is 5.56 Å². The maximum absolute atomic E-state index is 10.5. The summed E-state index contributed by atoms with van der Waals surface area (Å²) in [6.07, 6.45) is 0. The van der Waals surface area contributed by atoms with Crippen molar-refractivity contribution in [3.05, 3.63) is 32.8 Å². The number of benzene rings is 1. The number of nitrogens with two attached hydrogens (primary N) is 1. The van der Waals surface area contributed by atoms with Gasteiger partial charge in [-0.2, -0.15) is 0 Å². The average molecular weight is 187 g/mol. The van der Waals surface area contributed by atoms with Crippen LogP contribution >= 0.6 is 11.6 Å². The molecule has 2 N–H and O–H groups in total. The van der Waals surface area contributed by atoms with Crippen LogP contribution in [0.4, 0.5) is 11.4 Å². The van der Waals surface area contributed by atoms with Crippen LogP contribution in [0.25, 0.3) is 0 Å². The largest absolute Gasteiger partial charge is 0.397 e. The van der Waals surface area contributed by atoms with Gasteiger partial charge < -0.3 is 5.73 Å². The van der Waals surface area contributed by atoms with E-state index in [1.54, 1.807) is 19.1 Å². The fourth-order valence-corrected chi connectivity index (χ4v) is 1.18. The summed E-state index contributed by atoms with van der Waals surface area (Å²) in [7, 11) is 0. The van der Waals surface area contributed by atoms with Crippen LogP contribution in [0, 0.1) is 17.0 Å². The molecule has 64 valence electrons. The van der Waals surface area contributed by atoms with E-state index in [9.17, 15) is 10.1 Å². The number of nitrogen functional groups attached to an aromatic ring is 1. The number of nitro benzene ring substituents is 1. The van der Waals surface area contributed by atoms with Gasteiger partial charge in [-0.05, 0) is 13.0 Å². The van der Waals surface area contributed by atoms with Gasteiger partial charge in [0.15, 0.2) is 0 Å². The molecule has 0 aliphatic rings. The number of nitro groups is 1. The van der Waals surface area contributed by atoms with Crippen molar-refractivity contribution in [2.75, 3.05) is 5.73 Å². The minimum Gasteiger partial charge on any atom is -0.397 e. The van der Waals surface area contributed by atoms with Crippen molar-refractivity contribution < 1.29 is 4.92 Å². The van der Waals surface area contributed by atoms with Crippen LogP contribution in [0.15, 0.2) is 12.1 Å². The predicted molar refractivity (Wildman–Crippen MR) is 47.3 cm³/mol. The Morgan fingerprint density at radius 2 is 2.17 bits per heavy atom. The highest BCUT2D eigenvalue weighted by Crippen LogP contribution is 2.32. The number of anilines is 1. The first kappa shape index (κ1) is 8.80. The standard InChI is InChI=1S/C7H7ClN2O2/c1-4-2-3-5(9)6(8)7(4)10(11)12/h2-3H,9H2,1H3. The first-order valence-electron chi connectivity index (χ1n) is 3.23. The zero-order valence-corrected chi connectivity index (χ0v) is 7.13. The lowest BCUT2D eigenvalue weighted by atomic mass is 10.2. The molecular weight excluding hydrogens is 180 g/mol. The Bertz CT molecular complexity index is 338. The highest BCUT2D eigenvalue weighted by molar-refractivity contribution is 6.35. The molecule has 0 aromatic heterocycles. The van der Waals surface area contributed by atoms with Gasteiger partial charge >= 0.3 is 0 Å². The fourth-order valence-electron chi connectivity index (χ4n) is 0.901. The van der Waals surface area contributed by atoms with Crippen LogP contribution in [-0.2, 0) is 0 Å². The zero-order chi connectivity index (χ0) is 9.30. The molecule has 0 atom stereocenters. The van der Waals surface area contributed by atoms with E-state index >= 15 is 0 Å². The van der Waals surface area contributed by atoms with Crippen LogP contribution in [-0.4, -0.2) is 4.92 Å². The van der Waals surface area contributed by atoms with Gasteiger partial charge in [-0.1, -0.05) is 17.7 Å². The Morgan fingerprint density at radius 3 is 2.58 bits per heavy atom. The molecule has 0 aliphatic heterocycles. The first-order valence-corrected chi connectivity index (χ1v) is 3.61. The van der Waals surface area contributed by atoms with Gasteiger partial charge in [0.2, 0.25) is 0 Å². The molecule has 0 fully saturated rings. The molecule has 0 saturated carbocycles. The van der Waals surface area contributed by atoms with E-state index in [1.807, 2.05) is 0 Å². The lowest BCUT2D eigenvalue weighted by Crippen LogP contribution is -1.96. The molecule has 0 aliphatic carbocycles. The van der Waals surface area contributed by atoms with E-state index in [-0.39, 0.29) is 16.4 Å². The summed E-state index contributed by atoms with van der Waals surface area (Å²) < 4.78 is 0. The number of halogens is 1. The molecule has 4 nitrogen and oxygen atoms in total. The van der Waals surface area contributed by atoms with Gasteiger partial charge in [0.1, 0.15) is 5.02 Å². The monoisotopic (exact) mass is 186 g/mol. The summed E-state index contributed by atoms with van der Waals surface area (Å²) in [5, 5.41) is 10.5. The van der Waals surface area contributed by atoms with Gasteiger partial charge in [-0.3, -0.25) is 10.1 Å². The van der Waals surface area contributed by atoms with E-state index in [0.717, 1.165) is 0 Å². The van der Waals surface area contributed by atoms with Crippen LogP contribution in [0.1, 0.15) is 5.56 Å². The molecule has 12 heavy (non-hydrogen) atoms. The van der Waals surface area contributed by atoms with E-state index in [1.165, 1.54) is 0 Å². The van der Waals surface area contributed by atoms with Gasteiger partial charge in [0.25, 0.3) is 5.69 Å². The number of rotatable bonds is 1. The summed E-state index contributed by atoms with van der Waals surface area (Å²) >= 11 is 5.63. The molecule has 0 spiro atoms. The molecule has 0 saturated heterocycles. The quantitative estimate of drug-likeness (QED) is 0.415.